The molecule has 25 heavy (non-hydrogen) atoms. The summed E-state index contributed by atoms with van der Waals surface area (Å²) in [5.41, 5.74) is 8.37. The lowest BCUT2D eigenvalue weighted by Crippen LogP contribution is -2.19. The van der Waals surface area contributed by atoms with Crippen molar-refractivity contribution in [1.82, 2.24) is 24.5 Å². The molecule has 0 aromatic carbocycles. The number of pyridine rings is 1. The Balaban J connectivity index is 2.06. The number of nitrogens with zero attached hydrogens (tertiary/aromatic N) is 5. The van der Waals surface area contributed by atoms with Crippen LogP contribution in [0.1, 0.15) is 21.6 Å². The van der Waals surface area contributed by atoms with Crippen molar-refractivity contribution >= 4 is 28.1 Å². The average Bonchev–Trinajstić information content (AvgIpc) is 3.23. The van der Waals surface area contributed by atoms with E-state index in [0.29, 0.717) is 27.9 Å². The molecule has 4 rings (SSSR count). The standard InChI is InChI=1S/C17H14N6OS/c1-9-8-23(12-3-4-19-7-11(9)12)16-13(14(18)24)10(2)21-15(22-16)17-20-5-6-25-17/h3-8H,1-2H3,(H2,18,24). The molecule has 4 aromatic heterocycles. The molecule has 0 saturated carbocycles. The van der Waals surface area contributed by atoms with Crippen molar-refractivity contribution in [2.75, 3.05) is 0 Å². The summed E-state index contributed by atoms with van der Waals surface area (Å²) >= 11 is 1.44. The zero-order valence-corrected chi connectivity index (χ0v) is 14.4. The molecule has 4 heterocycles. The molecule has 0 bridgehead atoms. The lowest BCUT2D eigenvalue weighted by Gasteiger charge is -2.12. The number of carbonyl (C=O) groups excluding carboxylic acids is 1. The van der Waals surface area contributed by atoms with Crippen molar-refractivity contribution < 1.29 is 4.79 Å². The number of thiazole rings is 1. The minimum atomic E-state index is -0.563. The maximum absolute atomic E-state index is 12.1. The van der Waals surface area contributed by atoms with E-state index in [1.54, 1.807) is 25.5 Å². The number of amides is 1. The van der Waals surface area contributed by atoms with Gasteiger partial charge in [0.1, 0.15) is 5.56 Å². The number of nitrogens with two attached hydrogens (primary N) is 1. The number of fused-ring (bicyclic) bond motifs is 1. The van der Waals surface area contributed by atoms with Gasteiger partial charge in [0.2, 0.25) is 0 Å². The van der Waals surface area contributed by atoms with E-state index in [0.717, 1.165) is 16.5 Å². The van der Waals surface area contributed by atoms with E-state index in [2.05, 4.69) is 19.9 Å². The molecule has 2 N–H and O–H groups in total. The van der Waals surface area contributed by atoms with Crippen molar-refractivity contribution in [2.45, 2.75) is 13.8 Å². The predicted octanol–water partition coefficient (Wildman–Crippen LogP) is 2.65. The fraction of sp³-hybridized carbons (Fsp3) is 0.118. The second-order valence-electron chi connectivity index (χ2n) is 5.61. The topological polar surface area (TPSA) is 99.6 Å². The Hall–Kier alpha value is -3.13. The molecule has 4 aromatic rings. The maximum Gasteiger partial charge on any atom is 0.254 e. The molecule has 1 amide bonds. The Labute approximate surface area is 147 Å². The number of carbonyl (C=O) groups is 1. The Morgan fingerprint density at radius 1 is 1.24 bits per heavy atom. The highest BCUT2D eigenvalue weighted by atomic mass is 32.1. The molecule has 0 aliphatic heterocycles. The number of rotatable bonds is 3. The molecule has 0 aliphatic rings. The largest absolute Gasteiger partial charge is 0.365 e. The van der Waals surface area contributed by atoms with Gasteiger partial charge in [-0.3, -0.25) is 9.78 Å². The molecule has 0 atom stereocenters. The Bertz CT molecular complexity index is 1100. The highest BCUT2D eigenvalue weighted by molar-refractivity contribution is 7.13. The van der Waals surface area contributed by atoms with Crippen LogP contribution in [0.2, 0.25) is 0 Å². The van der Waals surface area contributed by atoms with Crippen LogP contribution in [0.3, 0.4) is 0 Å². The summed E-state index contributed by atoms with van der Waals surface area (Å²) in [6.45, 7) is 3.74. The summed E-state index contributed by atoms with van der Waals surface area (Å²) in [7, 11) is 0. The van der Waals surface area contributed by atoms with Gasteiger partial charge < -0.3 is 10.3 Å². The molecule has 0 saturated heterocycles. The first-order valence-corrected chi connectivity index (χ1v) is 8.44. The lowest BCUT2D eigenvalue weighted by molar-refractivity contribution is 0.0999. The van der Waals surface area contributed by atoms with Gasteiger partial charge >= 0.3 is 0 Å². The van der Waals surface area contributed by atoms with Gasteiger partial charge in [-0.25, -0.2) is 15.0 Å². The second-order valence-corrected chi connectivity index (χ2v) is 6.50. The molecule has 8 heteroatoms. The lowest BCUT2D eigenvalue weighted by atomic mass is 10.2. The summed E-state index contributed by atoms with van der Waals surface area (Å²) in [6, 6.07) is 1.88. The van der Waals surface area contributed by atoms with Crippen LogP contribution in [0.5, 0.6) is 0 Å². The van der Waals surface area contributed by atoms with E-state index in [4.69, 9.17) is 5.73 Å². The summed E-state index contributed by atoms with van der Waals surface area (Å²) in [4.78, 5) is 29.5. The van der Waals surface area contributed by atoms with Gasteiger partial charge in [0, 0.05) is 35.6 Å². The fourth-order valence-electron chi connectivity index (χ4n) is 2.86. The van der Waals surface area contributed by atoms with Crippen LogP contribution in [0.4, 0.5) is 0 Å². The van der Waals surface area contributed by atoms with Crippen LogP contribution in [0.15, 0.2) is 36.2 Å². The Morgan fingerprint density at radius 3 is 2.80 bits per heavy atom. The third-order valence-corrected chi connectivity index (χ3v) is 4.74. The summed E-state index contributed by atoms with van der Waals surface area (Å²) < 4.78 is 1.86. The number of aromatic nitrogens is 5. The fourth-order valence-corrected chi connectivity index (χ4v) is 3.43. The number of hydrogen-bond donors (Lipinski definition) is 1. The first-order valence-electron chi connectivity index (χ1n) is 7.56. The second kappa shape index (κ2) is 5.75. The summed E-state index contributed by atoms with van der Waals surface area (Å²) in [6.07, 6.45) is 7.12. The Morgan fingerprint density at radius 2 is 2.08 bits per heavy atom. The van der Waals surface area contributed by atoms with Crippen LogP contribution in [-0.4, -0.2) is 30.4 Å². The molecule has 0 radical (unpaired) electrons. The van der Waals surface area contributed by atoms with Gasteiger partial charge in [0.15, 0.2) is 16.6 Å². The zero-order valence-electron chi connectivity index (χ0n) is 13.6. The average molecular weight is 350 g/mol. The van der Waals surface area contributed by atoms with Crippen LogP contribution in [-0.2, 0) is 0 Å². The number of primary amides is 1. The number of hydrogen-bond acceptors (Lipinski definition) is 6. The van der Waals surface area contributed by atoms with Crippen LogP contribution in [0, 0.1) is 13.8 Å². The van der Waals surface area contributed by atoms with Crippen LogP contribution < -0.4 is 5.73 Å². The normalized spacial score (nSPS) is 11.1. The van der Waals surface area contributed by atoms with Gasteiger partial charge in [0.05, 0.1) is 11.2 Å². The van der Waals surface area contributed by atoms with Gasteiger partial charge in [-0.2, -0.15) is 0 Å². The molecule has 0 fully saturated rings. The molecule has 7 nitrogen and oxygen atoms in total. The quantitative estimate of drug-likeness (QED) is 0.612. The maximum atomic E-state index is 12.1. The van der Waals surface area contributed by atoms with Crippen LogP contribution in [0.25, 0.3) is 27.6 Å². The molecule has 0 spiro atoms. The van der Waals surface area contributed by atoms with Crippen molar-refractivity contribution in [3.8, 4) is 16.6 Å². The molecule has 124 valence electrons. The van der Waals surface area contributed by atoms with E-state index in [1.165, 1.54) is 11.3 Å². The highest BCUT2D eigenvalue weighted by Crippen LogP contribution is 2.27. The van der Waals surface area contributed by atoms with Gasteiger partial charge in [-0.1, -0.05) is 0 Å². The third-order valence-electron chi connectivity index (χ3n) is 3.97. The summed E-state index contributed by atoms with van der Waals surface area (Å²) in [5.74, 6) is 0.363. The molecular formula is C17H14N6OS. The Kier molecular flexibility index (Phi) is 3.54. The SMILES string of the molecule is Cc1nc(-c2nccs2)nc(-n2cc(C)c3cnccc32)c1C(N)=O. The van der Waals surface area contributed by atoms with Crippen molar-refractivity contribution in [3.63, 3.8) is 0 Å². The summed E-state index contributed by atoms with van der Waals surface area (Å²) in [5, 5.41) is 3.54. The predicted molar refractivity (Wildman–Crippen MR) is 95.8 cm³/mol. The molecule has 0 aliphatic carbocycles. The van der Waals surface area contributed by atoms with Crippen molar-refractivity contribution in [1.29, 1.82) is 0 Å². The molecular weight excluding hydrogens is 336 g/mol. The zero-order chi connectivity index (χ0) is 17.6. The minimum absolute atomic E-state index is 0.300. The smallest absolute Gasteiger partial charge is 0.254 e. The number of aryl methyl sites for hydroxylation is 2. The van der Waals surface area contributed by atoms with Gasteiger partial charge in [-0.05, 0) is 25.5 Å². The van der Waals surface area contributed by atoms with E-state index >= 15 is 0 Å². The van der Waals surface area contributed by atoms with E-state index in [9.17, 15) is 4.79 Å². The molecule has 0 unspecified atom stereocenters. The first-order chi connectivity index (χ1) is 12.1. The first kappa shape index (κ1) is 15.4. The van der Waals surface area contributed by atoms with Crippen molar-refractivity contribution in [2.24, 2.45) is 5.73 Å². The van der Waals surface area contributed by atoms with Crippen LogP contribution >= 0.6 is 11.3 Å². The highest BCUT2D eigenvalue weighted by Gasteiger charge is 2.21. The van der Waals surface area contributed by atoms with E-state index < -0.39 is 5.91 Å². The van der Waals surface area contributed by atoms with Gasteiger partial charge in [-0.15, -0.1) is 11.3 Å². The monoisotopic (exact) mass is 350 g/mol. The van der Waals surface area contributed by atoms with E-state index in [1.807, 2.05) is 29.1 Å². The van der Waals surface area contributed by atoms with Crippen molar-refractivity contribution in [3.05, 3.63) is 53.1 Å². The van der Waals surface area contributed by atoms with Gasteiger partial charge in [0.25, 0.3) is 5.91 Å². The van der Waals surface area contributed by atoms with E-state index in [-0.39, 0.29) is 0 Å². The minimum Gasteiger partial charge on any atom is -0.365 e. The third kappa shape index (κ3) is 2.47.